The summed E-state index contributed by atoms with van der Waals surface area (Å²) in [5.74, 6) is 1.22. The molecule has 1 N–H and O–H groups in total. The van der Waals surface area contributed by atoms with Crippen LogP contribution in [0.3, 0.4) is 0 Å². The molecule has 4 aromatic carbocycles. The normalized spacial score (nSPS) is 10.9. The fourth-order valence-electron chi connectivity index (χ4n) is 3.92. The standard InChI is InChI=1S/C33H29BrN2O4/c1-3-38-31-19-26(18-30(34)32(31)40-22-25-11-7-8-23(2)16-25)17-27(20-35)33(37)36-28-12-14-29(15-13-28)39-21-24-9-5-4-6-10-24/h4-19H,3,21-22H2,1-2H3,(H,36,37)/b27-17+. The molecule has 1 amide bonds. The van der Waals surface area contributed by atoms with E-state index in [1.165, 1.54) is 6.08 Å². The topological polar surface area (TPSA) is 80.6 Å². The molecule has 0 heterocycles. The van der Waals surface area contributed by atoms with E-state index in [4.69, 9.17) is 14.2 Å². The van der Waals surface area contributed by atoms with Crippen molar-refractivity contribution in [2.45, 2.75) is 27.1 Å². The Morgan fingerprint density at radius 1 is 0.900 bits per heavy atom. The summed E-state index contributed by atoms with van der Waals surface area (Å²) < 4.78 is 18.4. The first-order valence-electron chi connectivity index (χ1n) is 12.8. The summed E-state index contributed by atoms with van der Waals surface area (Å²) in [5, 5.41) is 12.5. The molecule has 4 aromatic rings. The summed E-state index contributed by atoms with van der Waals surface area (Å²) >= 11 is 3.56. The smallest absolute Gasteiger partial charge is 0.266 e. The summed E-state index contributed by atoms with van der Waals surface area (Å²) in [5.41, 5.74) is 4.38. The second-order valence-corrected chi connectivity index (χ2v) is 9.82. The van der Waals surface area contributed by atoms with Crippen molar-refractivity contribution in [3.8, 4) is 23.3 Å². The van der Waals surface area contributed by atoms with E-state index in [0.717, 1.165) is 16.7 Å². The zero-order chi connectivity index (χ0) is 28.3. The number of hydrogen-bond acceptors (Lipinski definition) is 5. The van der Waals surface area contributed by atoms with Crippen LogP contribution < -0.4 is 19.5 Å². The van der Waals surface area contributed by atoms with Crippen molar-refractivity contribution in [2.75, 3.05) is 11.9 Å². The first kappa shape index (κ1) is 28.5. The Morgan fingerprint density at radius 3 is 2.33 bits per heavy atom. The molecule has 0 unspecified atom stereocenters. The van der Waals surface area contributed by atoms with Crippen molar-refractivity contribution >= 4 is 33.6 Å². The third-order valence-corrected chi connectivity index (χ3v) is 6.42. The number of amides is 1. The molecular weight excluding hydrogens is 568 g/mol. The Kier molecular flexibility index (Phi) is 9.98. The van der Waals surface area contributed by atoms with Crippen LogP contribution in [0, 0.1) is 18.3 Å². The number of halogens is 1. The Hall–Kier alpha value is -4.54. The second kappa shape index (κ2) is 14.0. The lowest BCUT2D eigenvalue weighted by Crippen LogP contribution is -2.13. The molecule has 6 nitrogen and oxygen atoms in total. The van der Waals surface area contributed by atoms with Crippen LogP contribution in [0.15, 0.2) is 101 Å². The third-order valence-electron chi connectivity index (χ3n) is 5.83. The number of rotatable bonds is 11. The number of hydrogen-bond donors (Lipinski definition) is 1. The number of ether oxygens (including phenoxy) is 3. The lowest BCUT2D eigenvalue weighted by Gasteiger charge is -2.15. The van der Waals surface area contributed by atoms with Gasteiger partial charge in [-0.15, -0.1) is 0 Å². The Morgan fingerprint density at radius 2 is 1.62 bits per heavy atom. The van der Waals surface area contributed by atoms with Gasteiger partial charge < -0.3 is 19.5 Å². The number of nitrogens with zero attached hydrogens (tertiary/aromatic N) is 1. The molecule has 202 valence electrons. The van der Waals surface area contributed by atoms with E-state index >= 15 is 0 Å². The highest BCUT2D eigenvalue weighted by atomic mass is 79.9. The number of nitriles is 1. The molecule has 0 aliphatic heterocycles. The molecule has 0 saturated carbocycles. The quantitative estimate of drug-likeness (QED) is 0.141. The highest BCUT2D eigenvalue weighted by molar-refractivity contribution is 9.10. The van der Waals surface area contributed by atoms with E-state index in [1.807, 2.05) is 68.4 Å². The van der Waals surface area contributed by atoms with E-state index in [9.17, 15) is 10.1 Å². The summed E-state index contributed by atoms with van der Waals surface area (Å²) in [6.45, 7) is 5.16. The summed E-state index contributed by atoms with van der Waals surface area (Å²) in [6.07, 6.45) is 1.52. The average Bonchev–Trinajstić information content (AvgIpc) is 2.96. The monoisotopic (exact) mass is 596 g/mol. The second-order valence-electron chi connectivity index (χ2n) is 8.96. The summed E-state index contributed by atoms with van der Waals surface area (Å²) in [7, 11) is 0. The molecule has 0 saturated heterocycles. The van der Waals surface area contributed by atoms with Gasteiger partial charge in [0, 0.05) is 5.69 Å². The minimum atomic E-state index is -0.519. The molecule has 0 aliphatic carbocycles. The summed E-state index contributed by atoms with van der Waals surface area (Å²) in [6, 6.07) is 30.5. The zero-order valence-corrected chi connectivity index (χ0v) is 23.9. The van der Waals surface area contributed by atoms with Crippen LogP contribution in [0.5, 0.6) is 17.2 Å². The van der Waals surface area contributed by atoms with Gasteiger partial charge >= 0.3 is 0 Å². The van der Waals surface area contributed by atoms with Gasteiger partial charge in [-0.2, -0.15) is 5.26 Å². The molecule has 0 aliphatic rings. The van der Waals surface area contributed by atoms with Crippen LogP contribution in [0.1, 0.15) is 29.2 Å². The molecule has 4 rings (SSSR count). The van der Waals surface area contributed by atoms with Gasteiger partial charge in [-0.25, -0.2) is 0 Å². The third kappa shape index (κ3) is 7.98. The first-order valence-corrected chi connectivity index (χ1v) is 13.6. The maximum Gasteiger partial charge on any atom is 0.266 e. The van der Waals surface area contributed by atoms with Crippen molar-refractivity contribution in [1.82, 2.24) is 0 Å². The molecule has 0 spiro atoms. The van der Waals surface area contributed by atoms with Crippen molar-refractivity contribution in [1.29, 1.82) is 5.26 Å². The molecule has 0 atom stereocenters. The first-order chi connectivity index (χ1) is 19.4. The van der Waals surface area contributed by atoms with Gasteiger partial charge in [-0.3, -0.25) is 4.79 Å². The molecule has 0 aromatic heterocycles. The predicted molar refractivity (Wildman–Crippen MR) is 160 cm³/mol. The van der Waals surface area contributed by atoms with Gasteiger partial charge in [-0.05, 0) is 88.9 Å². The van der Waals surface area contributed by atoms with E-state index in [2.05, 4.69) is 27.3 Å². The van der Waals surface area contributed by atoms with E-state index in [0.29, 0.717) is 52.8 Å². The number of anilines is 1. The van der Waals surface area contributed by atoms with Crippen LogP contribution in [-0.2, 0) is 18.0 Å². The predicted octanol–water partition coefficient (Wildman–Crippen LogP) is 7.86. The highest BCUT2D eigenvalue weighted by Gasteiger charge is 2.15. The molecule has 0 radical (unpaired) electrons. The number of carbonyl (C=O) groups excluding carboxylic acids is 1. The van der Waals surface area contributed by atoms with Gasteiger partial charge in [-0.1, -0.05) is 60.2 Å². The minimum absolute atomic E-state index is 0.0489. The number of aryl methyl sites for hydroxylation is 1. The fraction of sp³-hybridized carbons (Fsp3) is 0.152. The molecule has 0 bridgehead atoms. The van der Waals surface area contributed by atoms with Crippen molar-refractivity contribution in [3.05, 3.63) is 123 Å². The van der Waals surface area contributed by atoms with Crippen LogP contribution in [-0.4, -0.2) is 12.5 Å². The maximum absolute atomic E-state index is 12.9. The largest absolute Gasteiger partial charge is 0.490 e. The minimum Gasteiger partial charge on any atom is -0.490 e. The molecule has 7 heteroatoms. The molecule has 40 heavy (non-hydrogen) atoms. The van der Waals surface area contributed by atoms with E-state index in [1.54, 1.807) is 36.4 Å². The average molecular weight is 598 g/mol. The van der Waals surface area contributed by atoms with Crippen molar-refractivity contribution < 1.29 is 19.0 Å². The van der Waals surface area contributed by atoms with E-state index in [-0.39, 0.29) is 5.57 Å². The van der Waals surface area contributed by atoms with Gasteiger partial charge in [0.1, 0.15) is 30.6 Å². The number of benzene rings is 4. The molecule has 0 fully saturated rings. The number of nitrogens with one attached hydrogen (secondary N) is 1. The maximum atomic E-state index is 12.9. The van der Waals surface area contributed by atoms with Crippen LogP contribution in [0.2, 0.25) is 0 Å². The Labute approximate surface area is 243 Å². The van der Waals surface area contributed by atoms with Crippen LogP contribution in [0.25, 0.3) is 6.08 Å². The van der Waals surface area contributed by atoms with Crippen LogP contribution in [0.4, 0.5) is 5.69 Å². The van der Waals surface area contributed by atoms with Gasteiger partial charge in [0.05, 0.1) is 11.1 Å². The summed E-state index contributed by atoms with van der Waals surface area (Å²) in [4.78, 5) is 12.9. The molecular formula is C33H29BrN2O4. The van der Waals surface area contributed by atoms with Gasteiger partial charge in [0.15, 0.2) is 11.5 Å². The Bertz CT molecular complexity index is 1530. The van der Waals surface area contributed by atoms with Crippen molar-refractivity contribution in [2.24, 2.45) is 0 Å². The van der Waals surface area contributed by atoms with Gasteiger partial charge in [0.2, 0.25) is 0 Å². The van der Waals surface area contributed by atoms with Gasteiger partial charge in [0.25, 0.3) is 5.91 Å². The lowest BCUT2D eigenvalue weighted by atomic mass is 10.1. The Balaban J connectivity index is 1.44. The number of carbonyl (C=O) groups is 1. The highest BCUT2D eigenvalue weighted by Crippen LogP contribution is 2.38. The fourth-order valence-corrected chi connectivity index (χ4v) is 4.49. The van der Waals surface area contributed by atoms with Crippen LogP contribution >= 0.6 is 15.9 Å². The van der Waals surface area contributed by atoms with E-state index < -0.39 is 5.91 Å². The zero-order valence-electron chi connectivity index (χ0n) is 22.3. The lowest BCUT2D eigenvalue weighted by molar-refractivity contribution is -0.112. The van der Waals surface area contributed by atoms with Crippen molar-refractivity contribution in [3.63, 3.8) is 0 Å². The SMILES string of the molecule is CCOc1cc(/C=C(\C#N)C(=O)Nc2ccc(OCc3ccccc3)cc2)cc(Br)c1OCc1cccc(C)c1.